The van der Waals surface area contributed by atoms with Crippen molar-refractivity contribution in [3.63, 3.8) is 0 Å². The van der Waals surface area contributed by atoms with E-state index < -0.39 is 0 Å². The average molecular weight is 293 g/mol. The number of rotatable bonds is 1. The monoisotopic (exact) mass is 292 g/mol. The summed E-state index contributed by atoms with van der Waals surface area (Å²) in [5.41, 5.74) is 4.53. The lowest BCUT2D eigenvalue weighted by molar-refractivity contribution is 1.32. The Hall–Kier alpha value is -1.13. The zero-order valence-corrected chi connectivity index (χ0v) is 11.0. The maximum absolute atomic E-state index is 4.59. The number of imidazole rings is 1. The fourth-order valence-corrected chi connectivity index (χ4v) is 2.91. The molecule has 2 heterocycles. The maximum Gasteiger partial charge on any atom is 0.139 e. The van der Waals surface area contributed by atoms with Gasteiger partial charge in [-0.2, -0.15) is 11.3 Å². The third kappa shape index (κ3) is 1.58. The van der Waals surface area contributed by atoms with Crippen LogP contribution in [0, 0.1) is 6.92 Å². The number of thiophene rings is 1. The van der Waals surface area contributed by atoms with Gasteiger partial charge in [-0.1, -0.05) is 15.9 Å². The second-order valence-corrected chi connectivity index (χ2v) is 5.37. The molecule has 0 aliphatic carbocycles. The lowest BCUT2D eigenvalue weighted by atomic mass is 10.2. The van der Waals surface area contributed by atoms with Crippen molar-refractivity contribution < 1.29 is 0 Å². The topological polar surface area (TPSA) is 28.7 Å². The van der Waals surface area contributed by atoms with Gasteiger partial charge in [-0.25, -0.2) is 4.98 Å². The van der Waals surface area contributed by atoms with Crippen molar-refractivity contribution >= 4 is 38.3 Å². The first-order valence-electron chi connectivity index (χ1n) is 4.92. The summed E-state index contributed by atoms with van der Waals surface area (Å²) in [4.78, 5) is 7.93. The highest BCUT2D eigenvalue weighted by Crippen LogP contribution is 2.27. The number of halogens is 1. The summed E-state index contributed by atoms with van der Waals surface area (Å²) in [6, 6.07) is 6.07. The molecule has 0 atom stereocenters. The van der Waals surface area contributed by atoms with Gasteiger partial charge in [0.2, 0.25) is 0 Å². The number of nitrogens with one attached hydrogen (secondary N) is 1. The molecule has 0 radical (unpaired) electrons. The number of aromatic amines is 1. The van der Waals surface area contributed by atoms with Crippen LogP contribution in [0.3, 0.4) is 0 Å². The normalized spacial score (nSPS) is 11.1. The Labute approximate surface area is 105 Å². The van der Waals surface area contributed by atoms with Crippen molar-refractivity contribution in [2.24, 2.45) is 0 Å². The van der Waals surface area contributed by atoms with E-state index in [-0.39, 0.29) is 0 Å². The molecule has 0 saturated carbocycles. The maximum atomic E-state index is 4.59. The fourth-order valence-electron chi connectivity index (χ4n) is 1.71. The molecule has 0 unspecified atom stereocenters. The number of aryl methyl sites for hydroxylation is 1. The molecule has 1 N–H and O–H groups in total. The molecular weight excluding hydrogens is 284 g/mol. The van der Waals surface area contributed by atoms with Crippen LogP contribution in [0.15, 0.2) is 33.4 Å². The van der Waals surface area contributed by atoms with Crippen LogP contribution in [0.4, 0.5) is 0 Å². The van der Waals surface area contributed by atoms with Gasteiger partial charge < -0.3 is 4.98 Å². The molecule has 2 aromatic heterocycles. The van der Waals surface area contributed by atoms with Crippen LogP contribution in [0.2, 0.25) is 0 Å². The Balaban J connectivity index is 2.23. The number of hydrogen-bond acceptors (Lipinski definition) is 2. The number of hydrogen-bond donors (Lipinski definition) is 1. The predicted molar refractivity (Wildman–Crippen MR) is 71.8 cm³/mol. The SMILES string of the molecule is Cc1cscc1-c1nc2ccc(Br)cc2[nH]1. The third-order valence-electron chi connectivity index (χ3n) is 2.55. The summed E-state index contributed by atoms with van der Waals surface area (Å²) in [5.74, 6) is 0.951. The molecule has 0 fully saturated rings. The fraction of sp³-hybridized carbons (Fsp3) is 0.0833. The molecule has 0 amide bonds. The minimum Gasteiger partial charge on any atom is -0.338 e. The van der Waals surface area contributed by atoms with Gasteiger partial charge >= 0.3 is 0 Å². The zero-order valence-electron chi connectivity index (χ0n) is 8.62. The molecule has 2 nitrogen and oxygen atoms in total. The second-order valence-electron chi connectivity index (χ2n) is 3.72. The van der Waals surface area contributed by atoms with E-state index in [0.29, 0.717) is 0 Å². The van der Waals surface area contributed by atoms with Gasteiger partial charge in [0.05, 0.1) is 11.0 Å². The minimum absolute atomic E-state index is 0.951. The van der Waals surface area contributed by atoms with Crippen molar-refractivity contribution in [3.05, 3.63) is 39.0 Å². The van der Waals surface area contributed by atoms with Gasteiger partial charge in [0.15, 0.2) is 0 Å². The predicted octanol–water partition coefficient (Wildman–Crippen LogP) is 4.36. The molecule has 3 aromatic rings. The Bertz CT molecular complexity index is 654. The quantitative estimate of drug-likeness (QED) is 0.709. The van der Waals surface area contributed by atoms with Crippen LogP contribution in [-0.2, 0) is 0 Å². The van der Waals surface area contributed by atoms with Crippen molar-refractivity contribution in [2.75, 3.05) is 0 Å². The van der Waals surface area contributed by atoms with Gasteiger partial charge in [0.1, 0.15) is 5.82 Å². The molecule has 0 bridgehead atoms. The summed E-state index contributed by atoms with van der Waals surface area (Å²) in [6.45, 7) is 2.11. The smallest absolute Gasteiger partial charge is 0.139 e. The first-order chi connectivity index (χ1) is 7.74. The van der Waals surface area contributed by atoms with E-state index in [1.807, 2.05) is 18.2 Å². The molecule has 0 saturated heterocycles. The van der Waals surface area contributed by atoms with Crippen molar-refractivity contribution in [1.82, 2.24) is 9.97 Å². The molecule has 80 valence electrons. The molecule has 0 spiro atoms. The Morgan fingerprint density at radius 1 is 1.31 bits per heavy atom. The first kappa shape index (κ1) is 10.1. The summed E-state index contributed by atoms with van der Waals surface area (Å²) in [7, 11) is 0. The molecule has 1 aromatic carbocycles. The minimum atomic E-state index is 0.951. The van der Waals surface area contributed by atoms with Crippen LogP contribution in [0.5, 0.6) is 0 Å². The summed E-state index contributed by atoms with van der Waals surface area (Å²) < 4.78 is 1.07. The van der Waals surface area contributed by atoms with E-state index in [1.165, 1.54) is 11.1 Å². The molecular formula is C12H9BrN2S. The number of benzene rings is 1. The van der Waals surface area contributed by atoms with Crippen LogP contribution in [-0.4, -0.2) is 9.97 Å². The Morgan fingerprint density at radius 2 is 2.19 bits per heavy atom. The van der Waals surface area contributed by atoms with E-state index in [9.17, 15) is 0 Å². The molecule has 16 heavy (non-hydrogen) atoms. The standard InChI is InChI=1S/C12H9BrN2S/c1-7-5-16-6-9(7)12-14-10-3-2-8(13)4-11(10)15-12/h2-6H,1H3,(H,14,15). The van der Waals surface area contributed by atoms with E-state index in [4.69, 9.17) is 0 Å². The van der Waals surface area contributed by atoms with E-state index in [1.54, 1.807) is 11.3 Å². The van der Waals surface area contributed by atoms with E-state index in [2.05, 4.69) is 43.6 Å². The second kappa shape index (κ2) is 3.71. The first-order valence-corrected chi connectivity index (χ1v) is 6.66. The highest BCUT2D eigenvalue weighted by Gasteiger charge is 2.08. The van der Waals surface area contributed by atoms with Gasteiger partial charge in [-0.3, -0.25) is 0 Å². The van der Waals surface area contributed by atoms with E-state index in [0.717, 1.165) is 21.3 Å². The highest BCUT2D eigenvalue weighted by molar-refractivity contribution is 9.10. The highest BCUT2D eigenvalue weighted by atomic mass is 79.9. The van der Waals surface area contributed by atoms with Crippen molar-refractivity contribution in [2.45, 2.75) is 6.92 Å². The van der Waals surface area contributed by atoms with Gasteiger partial charge in [0.25, 0.3) is 0 Å². The Kier molecular flexibility index (Phi) is 2.33. The lowest BCUT2D eigenvalue weighted by Crippen LogP contribution is -1.78. The molecule has 0 aliphatic heterocycles. The van der Waals surface area contributed by atoms with E-state index >= 15 is 0 Å². The summed E-state index contributed by atoms with van der Waals surface area (Å²) in [5, 5.41) is 4.26. The lowest BCUT2D eigenvalue weighted by Gasteiger charge is -1.92. The van der Waals surface area contributed by atoms with Gasteiger partial charge in [-0.05, 0) is 36.1 Å². The summed E-state index contributed by atoms with van der Waals surface area (Å²) in [6.07, 6.45) is 0. The van der Waals surface area contributed by atoms with Crippen LogP contribution < -0.4 is 0 Å². The third-order valence-corrected chi connectivity index (χ3v) is 3.91. The van der Waals surface area contributed by atoms with Crippen LogP contribution >= 0.6 is 27.3 Å². The van der Waals surface area contributed by atoms with Crippen molar-refractivity contribution in [3.8, 4) is 11.4 Å². The van der Waals surface area contributed by atoms with Gasteiger partial charge in [0, 0.05) is 15.4 Å². The van der Waals surface area contributed by atoms with Crippen LogP contribution in [0.1, 0.15) is 5.56 Å². The molecule has 4 heteroatoms. The van der Waals surface area contributed by atoms with Crippen LogP contribution in [0.25, 0.3) is 22.4 Å². The number of aromatic nitrogens is 2. The molecule has 3 rings (SSSR count). The zero-order chi connectivity index (χ0) is 11.1. The number of nitrogens with zero attached hydrogens (tertiary/aromatic N) is 1. The number of fused-ring (bicyclic) bond motifs is 1. The van der Waals surface area contributed by atoms with Crippen molar-refractivity contribution in [1.29, 1.82) is 0 Å². The number of H-pyrrole nitrogens is 1. The summed E-state index contributed by atoms with van der Waals surface area (Å²) >= 11 is 5.16. The Morgan fingerprint density at radius 3 is 2.94 bits per heavy atom. The van der Waals surface area contributed by atoms with Gasteiger partial charge in [-0.15, -0.1) is 0 Å². The molecule has 0 aliphatic rings. The largest absolute Gasteiger partial charge is 0.338 e. The average Bonchev–Trinajstić information content (AvgIpc) is 2.82.